The molecule has 1 N–H and O–H groups in total. The minimum Gasteiger partial charge on any atom is -0.448 e. The molecule has 0 radical (unpaired) electrons. The van der Waals surface area contributed by atoms with Gasteiger partial charge in [-0.25, -0.2) is 9.37 Å². The van der Waals surface area contributed by atoms with E-state index in [9.17, 15) is 4.39 Å². The fourth-order valence-corrected chi connectivity index (χ4v) is 1.74. The summed E-state index contributed by atoms with van der Waals surface area (Å²) in [5.41, 5.74) is 1.50. The van der Waals surface area contributed by atoms with Crippen LogP contribution in [0.3, 0.4) is 0 Å². The van der Waals surface area contributed by atoms with Crippen LogP contribution in [0.2, 0.25) is 0 Å². The standard InChI is InChI=1S/C14H17FN2O/c1-10(16-2)7-12-9-18-14(17-12)8-11-5-3-4-6-13(11)15/h3-6,9-10,16H,7-8H2,1-2H3. The van der Waals surface area contributed by atoms with Gasteiger partial charge in [-0.1, -0.05) is 18.2 Å². The third-order valence-corrected chi connectivity index (χ3v) is 2.91. The minimum absolute atomic E-state index is 0.221. The number of nitrogens with one attached hydrogen (secondary N) is 1. The van der Waals surface area contributed by atoms with Crippen LogP contribution in [0, 0.1) is 5.82 Å². The van der Waals surface area contributed by atoms with Crippen molar-refractivity contribution >= 4 is 0 Å². The Balaban J connectivity index is 2.05. The number of benzene rings is 1. The molecule has 2 rings (SSSR count). The number of likely N-dealkylation sites (N-methyl/N-ethyl adjacent to an activating group) is 1. The molecule has 0 fully saturated rings. The molecule has 1 heterocycles. The van der Waals surface area contributed by atoms with Crippen molar-refractivity contribution in [2.24, 2.45) is 0 Å². The number of hydrogen-bond donors (Lipinski definition) is 1. The van der Waals surface area contributed by atoms with Crippen molar-refractivity contribution in [1.29, 1.82) is 0 Å². The third kappa shape index (κ3) is 3.17. The monoisotopic (exact) mass is 248 g/mol. The maximum absolute atomic E-state index is 13.5. The quantitative estimate of drug-likeness (QED) is 0.883. The smallest absolute Gasteiger partial charge is 0.198 e. The van der Waals surface area contributed by atoms with Crippen LogP contribution in [0.15, 0.2) is 34.9 Å². The highest BCUT2D eigenvalue weighted by molar-refractivity contribution is 5.20. The van der Waals surface area contributed by atoms with E-state index in [1.54, 1.807) is 18.4 Å². The van der Waals surface area contributed by atoms with E-state index in [0.29, 0.717) is 23.9 Å². The normalized spacial score (nSPS) is 12.6. The number of aromatic nitrogens is 1. The Morgan fingerprint density at radius 2 is 2.17 bits per heavy atom. The Kier molecular flexibility index (Phi) is 4.10. The van der Waals surface area contributed by atoms with E-state index < -0.39 is 0 Å². The van der Waals surface area contributed by atoms with Crippen LogP contribution in [0.1, 0.15) is 24.1 Å². The molecule has 0 aliphatic carbocycles. The molecular weight excluding hydrogens is 231 g/mol. The lowest BCUT2D eigenvalue weighted by Gasteiger charge is -2.05. The highest BCUT2D eigenvalue weighted by atomic mass is 19.1. The fraction of sp³-hybridized carbons (Fsp3) is 0.357. The van der Waals surface area contributed by atoms with Gasteiger partial charge in [0.2, 0.25) is 0 Å². The molecule has 1 atom stereocenters. The van der Waals surface area contributed by atoms with E-state index >= 15 is 0 Å². The van der Waals surface area contributed by atoms with E-state index in [-0.39, 0.29) is 5.82 Å². The molecular formula is C14H17FN2O. The Morgan fingerprint density at radius 3 is 2.89 bits per heavy atom. The molecule has 0 bridgehead atoms. The predicted octanol–water partition coefficient (Wildman–Crippen LogP) is 2.55. The summed E-state index contributed by atoms with van der Waals surface area (Å²) >= 11 is 0. The number of oxazole rings is 1. The lowest BCUT2D eigenvalue weighted by molar-refractivity contribution is 0.500. The summed E-state index contributed by atoms with van der Waals surface area (Å²) in [6, 6.07) is 7.02. The van der Waals surface area contributed by atoms with Gasteiger partial charge in [0.15, 0.2) is 5.89 Å². The van der Waals surface area contributed by atoms with Crippen molar-refractivity contribution in [3.05, 3.63) is 53.5 Å². The van der Waals surface area contributed by atoms with Gasteiger partial charge in [0, 0.05) is 12.5 Å². The van der Waals surface area contributed by atoms with E-state index in [1.807, 2.05) is 13.1 Å². The number of nitrogens with zero attached hydrogens (tertiary/aromatic N) is 1. The van der Waals surface area contributed by atoms with Gasteiger partial charge >= 0.3 is 0 Å². The van der Waals surface area contributed by atoms with Gasteiger partial charge in [0.1, 0.15) is 12.1 Å². The first-order chi connectivity index (χ1) is 8.69. The molecule has 18 heavy (non-hydrogen) atoms. The molecule has 0 saturated carbocycles. The second-order valence-corrected chi connectivity index (χ2v) is 4.39. The molecule has 0 saturated heterocycles. The average molecular weight is 248 g/mol. The van der Waals surface area contributed by atoms with Crippen LogP contribution in [0.5, 0.6) is 0 Å². The Morgan fingerprint density at radius 1 is 1.39 bits per heavy atom. The number of rotatable bonds is 5. The number of hydrogen-bond acceptors (Lipinski definition) is 3. The van der Waals surface area contributed by atoms with E-state index in [0.717, 1.165) is 12.1 Å². The van der Waals surface area contributed by atoms with Crippen LogP contribution in [-0.2, 0) is 12.8 Å². The molecule has 3 nitrogen and oxygen atoms in total. The lowest BCUT2D eigenvalue weighted by Crippen LogP contribution is -2.23. The summed E-state index contributed by atoms with van der Waals surface area (Å²) in [7, 11) is 1.91. The molecule has 96 valence electrons. The molecule has 1 aromatic heterocycles. The van der Waals surface area contributed by atoms with Crippen LogP contribution in [0.4, 0.5) is 4.39 Å². The van der Waals surface area contributed by atoms with Crippen LogP contribution in [0.25, 0.3) is 0 Å². The summed E-state index contributed by atoms with van der Waals surface area (Å²) in [4.78, 5) is 4.36. The summed E-state index contributed by atoms with van der Waals surface area (Å²) in [6.45, 7) is 2.07. The first-order valence-corrected chi connectivity index (χ1v) is 6.03. The largest absolute Gasteiger partial charge is 0.448 e. The van der Waals surface area contributed by atoms with Crippen LogP contribution >= 0.6 is 0 Å². The van der Waals surface area contributed by atoms with Gasteiger partial charge in [-0.15, -0.1) is 0 Å². The summed E-state index contributed by atoms with van der Waals surface area (Å²) in [5.74, 6) is 0.333. The highest BCUT2D eigenvalue weighted by Crippen LogP contribution is 2.13. The lowest BCUT2D eigenvalue weighted by atomic mass is 10.1. The first-order valence-electron chi connectivity index (χ1n) is 6.03. The van der Waals surface area contributed by atoms with Crippen molar-refractivity contribution in [3.8, 4) is 0 Å². The van der Waals surface area contributed by atoms with E-state index in [2.05, 4.69) is 17.2 Å². The average Bonchev–Trinajstić information content (AvgIpc) is 2.79. The predicted molar refractivity (Wildman–Crippen MR) is 67.9 cm³/mol. The topological polar surface area (TPSA) is 38.1 Å². The van der Waals surface area contributed by atoms with Crippen molar-refractivity contribution < 1.29 is 8.81 Å². The van der Waals surface area contributed by atoms with Gasteiger partial charge < -0.3 is 9.73 Å². The maximum Gasteiger partial charge on any atom is 0.198 e. The van der Waals surface area contributed by atoms with Gasteiger partial charge in [-0.2, -0.15) is 0 Å². The van der Waals surface area contributed by atoms with E-state index in [4.69, 9.17) is 4.42 Å². The van der Waals surface area contributed by atoms with Gasteiger partial charge in [-0.3, -0.25) is 0 Å². The zero-order valence-electron chi connectivity index (χ0n) is 10.6. The molecule has 2 aromatic rings. The van der Waals surface area contributed by atoms with Gasteiger partial charge in [-0.05, 0) is 25.6 Å². The summed E-state index contributed by atoms with van der Waals surface area (Å²) in [6.07, 6.45) is 2.84. The molecule has 0 aliphatic heterocycles. The number of halogens is 1. The van der Waals surface area contributed by atoms with E-state index in [1.165, 1.54) is 6.07 Å². The molecule has 1 unspecified atom stereocenters. The van der Waals surface area contributed by atoms with Crippen LogP contribution in [-0.4, -0.2) is 18.1 Å². The Bertz CT molecular complexity index is 510. The van der Waals surface area contributed by atoms with Crippen molar-refractivity contribution in [3.63, 3.8) is 0 Å². The molecule has 0 amide bonds. The van der Waals surface area contributed by atoms with Gasteiger partial charge in [0.05, 0.1) is 12.1 Å². The molecule has 0 spiro atoms. The third-order valence-electron chi connectivity index (χ3n) is 2.91. The molecule has 1 aromatic carbocycles. The summed E-state index contributed by atoms with van der Waals surface area (Å²) in [5, 5.41) is 3.14. The molecule has 4 heteroatoms. The fourth-order valence-electron chi connectivity index (χ4n) is 1.74. The van der Waals surface area contributed by atoms with Crippen LogP contribution < -0.4 is 5.32 Å². The second kappa shape index (κ2) is 5.78. The first kappa shape index (κ1) is 12.8. The van der Waals surface area contributed by atoms with Gasteiger partial charge in [0.25, 0.3) is 0 Å². The highest BCUT2D eigenvalue weighted by Gasteiger charge is 2.09. The zero-order chi connectivity index (χ0) is 13.0. The van der Waals surface area contributed by atoms with Crippen molar-refractivity contribution in [2.75, 3.05) is 7.05 Å². The zero-order valence-corrected chi connectivity index (χ0v) is 10.6. The SMILES string of the molecule is CNC(C)Cc1coc(Cc2ccccc2F)n1. The minimum atomic E-state index is -0.221. The Labute approximate surface area is 106 Å². The molecule has 0 aliphatic rings. The summed E-state index contributed by atoms with van der Waals surface area (Å²) < 4.78 is 18.8. The van der Waals surface area contributed by atoms with Crippen molar-refractivity contribution in [1.82, 2.24) is 10.3 Å². The second-order valence-electron chi connectivity index (χ2n) is 4.39. The maximum atomic E-state index is 13.5. The van der Waals surface area contributed by atoms with Crippen molar-refractivity contribution in [2.45, 2.75) is 25.8 Å². The Hall–Kier alpha value is -1.68.